The van der Waals surface area contributed by atoms with E-state index in [1.54, 1.807) is 36.9 Å². The summed E-state index contributed by atoms with van der Waals surface area (Å²) < 4.78 is 0. The van der Waals surface area contributed by atoms with Crippen molar-refractivity contribution in [1.29, 1.82) is 5.26 Å². The van der Waals surface area contributed by atoms with Gasteiger partial charge in [0.25, 0.3) is 0 Å². The standard InChI is InChI=1S/C27H20ClN5O.C27H18ClN5/c28-25-23(18-13-19(26(29)34)15-30-14-18)22-11-6-10-21(17-7-2-1-3-8-17)24(22)27(33-25)32-16-20-9-4-5-12-31-20;28-26-24(20-13-18(14-29)15-30-16-20)23-11-6-10-22(19-7-2-1-3-8-19)25(23)27(33-26)32-17-21-9-4-5-12-31-21/h1-15H,16H2,(H2,29,34)(H,32,33);1-13,15-16H,17H2,(H,32,33). The smallest absolute Gasteiger partial charge is 0.250 e. The van der Waals surface area contributed by atoms with Crippen LogP contribution in [-0.2, 0) is 13.1 Å². The van der Waals surface area contributed by atoms with Gasteiger partial charge in [-0.3, -0.25) is 24.7 Å². The van der Waals surface area contributed by atoms with Gasteiger partial charge < -0.3 is 16.4 Å². The van der Waals surface area contributed by atoms with E-state index < -0.39 is 5.91 Å². The maximum absolute atomic E-state index is 11.8. The first-order valence-electron chi connectivity index (χ1n) is 21.1. The molecule has 0 spiro atoms. The van der Waals surface area contributed by atoms with Crippen LogP contribution in [0, 0.1) is 11.3 Å². The Kier molecular flexibility index (Phi) is 13.1. The number of nitrogens with zero attached hydrogens (tertiary/aromatic N) is 7. The molecule has 13 heteroatoms. The third kappa shape index (κ3) is 9.62. The van der Waals surface area contributed by atoms with Crippen LogP contribution in [-0.4, -0.2) is 35.8 Å². The van der Waals surface area contributed by atoms with E-state index in [0.717, 1.165) is 66.3 Å². The zero-order chi connectivity index (χ0) is 46.1. The second-order valence-corrected chi connectivity index (χ2v) is 15.9. The van der Waals surface area contributed by atoms with Crippen LogP contribution in [0.1, 0.15) is 27.3 Å². The molecule has 1 amide bonds. The first kappa shape index (κ1) is 43.7. The van der Waals surface area contributed by atoms with Crippen LogP contribution < -0.4 is 16.4 Å². The van der Waals surface area contributed by atoms with Crippen molar-refractivity contribution in [1.82, 2.24) is 29.9 Å². The number of carbonyl (C=O) groups excluding carboxylic acids is 1. The van der Waals surface area contributed by atoms with Gasteiger partial charge in [0.05, 0.1) is 35.6 Å². The molecule has 0 fully saturated rings. The van der Waals surface area contributed by atoms with Gasteiger partial charge in [0.2, 0.25) is 5.91 Å². The van der Waals surface area contributed by atoms with Crippen molar-refractivity contribution in [3.05, 3.63) is 216 Å². The lowest BCUT2D eigenvalue weighted by molar-refractivity contribution is 0.1000. The summed E-state index contributed by atoms with van der Waals surface area (Å²) in [6.07, 6.45) is 9.86. The molecule has 324 valence electrons. The molecule has 0 bridgehead atoms. The number of rotatable bonds is 11. The lowest BCUT2D eigenvalue weighted by atomic mass is 9.94. The Morgan fingerprint density at radius 1 is 0.552 bits per heavy atom. The minimum atomic E-state index is -0.554. The maximum Gasteiger partial charge on any atom is 0.250 e. The second-order valence-electron chi connectivity index (χ2n) is 15.2. The molecule has 6 aromatic heterocycles. The number of primary amides is 1. The molecule has 0 aliphatic heterocycles. The van der Waals surface area contributed by atoms with Gasteiger partial charge in [-0.05, 0) is 69.4 Å². The minimum Gasteiger partial charge on any atom is -0.366 e. The highest BCUT2D eigenvalue weighted by molar-refractivity contribution is 6.35. The normalized spacial score (nSPS) is 10.8. The fraction of sp³-hybridized carbons (Fsp3) is 0.0370. The van der Waals surface area contributed by atoms with Crippen LogP contribution in [0.2, 0.25) is 10.3 Å². The summed E-state index contributed by atoms with van der Waals surface area (Å²) in [6.45, 7) is 0.994. The predicted octanol–water partition coefficient (Wildman–Crippen LogP) is 12.2. The van der Waals surface area contributed by atoms with E-state index in [-0.39, 0.29) is 0 Å². The van der Waals surface area contributed by atoms with Crippen molar-refractivity contribution in [3.63, 3.8) is 0 Å². The molecule has 4 N–H and O–H groups in total. The fourth-order valence-corrected chi connectivity index (χ4v) is 8.49. The number of fused-ring (bicyclic) bond motifs is 2. The van der Waals surface area contributed by atoms with Crippen molar-refractivity contribution in [2.24, 2.45) is 5.73 Å². The number of nitrogens with two attached hydrogens (primary N) is 1. The molecular weight excluding hydrogens is 876 g/mol. The SMILES string of the molecule is N#Cc1cncc(-c2c(Cl)nc(NCc3ccccn3)c3c(-c4ccccc4)cccc23)c1.NC(=O)c1cncc(-c2c(Cl)nc(NCc3ccccn3)c3c(-c4ccccc4)cccc23)c1. The predicted molar refractivity (Wildman–Crippen MR) is 267 cm³/mol. The first-order valence-corrected chi connectivity index (χ1v) is 21.9. The molecule has 0 saturated carbocycles. The van der Waals surface area contributed by atoms with Gasteiger partial charge >= 0.3 is 0 Å². The van der Waals surface area contributed by atoms with Crippen LogP contribution in [0.4, 0.5) is 11.6 Å². The number of nitriles is 1. The number of carbonyl (C=O) groups is 1. The molecule has 0 atom stereocenters. The highest BCUT2D eigenvalue weighted by atomic mass is 35.5. The summed E-state index contributed by atoms with van der Waals surface area (Å²) in [5, 5.41) is 20.5. The van der Waals surface area contributed by atoms with Crippen LogP contribution in [0.3, 0.4) is 0 Å². The van der Waals surface area contributed by atoms with E-state index in [2.05, 4.69) is 73.0 Å². The third-order valence-corrected chi connectivity index (χ3v) is 11.5. The van der Waals surface area contributed by atoms with Crippen molar-refractivity contribution in [2.75, 3.05) is 10.6 Å². The Labute approximate surface area is 396 Å². The molecule has 10 aromatic rings. The zero-order valence-corrected chi connectivity index (χ0v) is 37.1. The number of anilines is 2. The monoisotopic (exact) mass is 912 g/mol. The van der Waals surface area contributed by atoms with Crippen LogP contribution in [0.5, 0.6) is 0 Å². The van der Waals surface area contributed by atoms with Gasteiger partial charge in [-0.15, -0.1) is 0 Å². The van der Waals surface area contributed by atoms with Gasteiger partial charge in [-0.2, -0.15) is 5.26 Å². The molecule has 4 aromatic carbocycles. The highest BCUT2D eigenvalue weighted by Crippen LogP contribution is 2.43. The lowest BCUT2D eigenvalue weighted by Crippen LogP contribution is -2.11. The maximum atomic E-state index is 11.8. The van der Waals surface area contributed by atoms with Crippen molar-refractivity contribution >= 4 is 62.3 Å². The number of aromatic nitrogens is 6. The molecule has 10 rings (SSSR count). The van der Waals surface area contributed by atoms with Gasteiger partial charge in [-0.25, -0.2) is 9.97 Å². The fourth-order valence-electron chi connectivity index (χ4n) is 7.90. The Morgan fingerprint density at radius 2 is 1.03 bits per heavy atom. The zero-order valence-electron chi connectivity index (χ0n) is 35.6. The number of pyridine rings is 6. The molecule has 6 heterocycles. The minimum absolute atomic E-state index is 0.296. The van der Waals surface area contributed by atoms with Crippen molar-refractivity contribution < 1.29 is 4.79 Å². The third-order valence-electron chi connectivity index (χ3n) is 10.9. The Morgan fingerprint density at radius 3 is 1.49 bits per heavy atom. The molecule has 0 saturated heterocycles. The molecule has 0 aliphatic carbocycles. The molecular formula is C54H38Cl2N10O. The summed E-state index contributed by atoms with van der Waals surface area (Å²) >= 11 is 13.5. The second kappa shape index (κ2) is 20.1. The molecule has 0 aliphatic rings. The topological polar surface area (TPSA) is 168 Å². The number of benzene rings is 4. The van der Waals surface area contributed by atoms with E-state index in [9.17, 15) is 10.1 Å². The summed E-state index contributed by atoms with van der Waals surface area (Å²) in [5.74, 6) is 0.766. The van der Waals surface area contributed by atoms with E-state index in [0.29, 0.717) is 57.3 Å². The largest absolute Gasteiger partial charge is 0.366 e. The molecule has 0 radical (unpaired) electrons. The van der Waals surface area contributed by atoms with Gasteiger partial charge in [0, 0.05) is 70.2 Å². The van der Waals surface area contributed by atoms with E-state index in [1.165, 1.54) is 12.4 Å². The van der Waals surface area contributed by atoms with E-state index in [1.807, 2.05) is 97.1 Å². The van der Waals surface area contributed by atoms with Crippen molar-refractivity contribution in [3.8, 4) is 50.6 Å². The van der Waals surface area contributed by atoms with E-state index in [4.69, 9.17) is 38.9 Å². The van der Waals surface area contributed by atoms with E-state index >= 15 is 0 Å². The average Bonchev–Trinajstić information content (AvgIpc) is 3.38. The average molecular weight is 914 g/mol. The summed E-state index contributed by atoms with van der Waals surface area (Å²) in [7, 11) is 0. The Bertz CT molecular complexity index is 3430. The molecule has 67 heavy (non-hydrogen) atoms. The molecule has 11 nitrogen and oxygen atoms in total. The number of amides is 1. The number of hydrogen-bond acceptors (Lipinski definition) is 10. The van der Waals surface area contributed by atoms with Gasteiger partial charge in [0.1, 0.15) is 28.0 Å². The summed E-state index contributed by atoms with van der Waals surface area (Å²) in [6, 6.07) is 49.6. The van der Waals surface area contributed by atoms with Gasteiger partial charge in [-0.1, -0.05) is 132 Å². The van der Waals surface area contributed by atoms with Crippen LogP contribution >= 0.6 is 23.2 Å². The quantitative estimate of drug-likeness (QED) is 0.106. The number of nitrogens with one attached hydrogen (secondary N) is 2. The van der Waals surface area contributed by atoms with Crippen LogP contribution in [0.15, 0.2) is 183 Å². The van der Waals surface area contributed by atoms with Gasteiger partial charge in [0.15, 0.2) is 0 Å². The lowest BCUT2D eigenvalue weighted by Gasteiger charge is -2.17. The number of halogens is 2. The first-order chi connectivity index (χ1) is 32.9. The van der Waals surface area contributed by atoms with Crippen LogP contribution in [0.25, 0.3) is 66.1 Å². The number of hydrogen-bond donors (Lipinski definition) is 3. The Balaban J connectivity index is 0.000000168. The molecule has 0 unspecified atom stereocenters. The Hall–Kier alpha value is -8.56. The summed E-state index contributed by atoms with van der Waals surface area (Å²) in [5.41, 5.74) is 15.1. The van der Waals surface area contributed by atoms with Crippen molar-refractivity contribution in [2.45, 2.75) is 13.1 Å². The summed E-state index contributed by atoms with van der Waals surface area (Å²) in [4.78, 5) is 38.5. The highest BCUT2D eigenvalue weighted by Gasteiger charge is 2.21.